The van der Waals surface area contributed by atoms with E-state index in [1.54, 1.807) is 52.0 Å². The lowest BCUT2D eigenvalue weighted by atomic mass is 10.2. The number of oxazole rings is 1. The van der Waals surface area contributed by atoms with E-state index in [1.807, 2.05) is 0 Å². The highest BCUT2D eigenvalue weighted by molar-refractivity contribution is 5.79. The third-order valence-electron chi connectivity index (χ3n) is 2.65. The van der Waals surface area contributed by atoms with E-state index >= 15 is 0 Å². The summed E-state index contributed by atoms with van der Waals surface area (Å²) in [5.74, 6) is -1.01. The largest absolute Gasteiger partial charge is 0.458 e. The summed E-state index contributed by atoms with van der Waals surface area (Å²) in [5, 5.41) is 0. The third kappa shape index (κ3) is 2.70. The standard InChI is InChI=1S/C14H17NO4/c1-9(12(16)19-14(2,3)4)15-10-7-5-6-8-11(10)18-13(15)17/h5-9H,1-4H3. The van der Waals surface area contributed by atoms with E-state index < -0.39 is 23.4 Å². The number of ether oxygens (including phenoxy) is 1. The Hall–Kier alpha value is -2.04. The Morgan fingerprint density at radius 2 is 1.95 bits per heavy atom. The van der Waals surface area contributed by atoms with Crippen LogP contribution in [0.5, 0.6) is 0 Å². The fourth-order valence-electron chi connectivity index (χ4n) is 1.84. The lowest BCUT2D eigenvalue weighted by molar-refractivity contribution is -0.158. The minimum absolute atomic E-state index is 0.457. The summed E-state index contributed by atoms with van der Waals surface area (Å²) in [5.41, 5.74) is 0.461. The fourth-order valence-corrected chi connectivity index (χ4v) is 1.84. The minimum Gasteiger partial charge on any atom is -0.458 e. The van der Waals surface area contributed by atoms with E-state index in [0.29, 0.717) is 11.1 Å². The van der Waals surface area contributed by atoms with Gasteiger partial charge in [-0.2, -0.15) is 0 Å². The second-order valence-corrected chi connectivity index (χ2v) is 5.42. The van der Waals surface area contributed by atoms with Gasteiger partial charge < -0.3 is 9.15 Å². The smallest absolute Gasteiger partial charge is 0.420 e. The van der Waals surface area contributed by atoms with Gasteiger partial charge in [0.2, 0.25) is 0 Å². The van der Waals surface area contributed by atoms with Crippen LogP contribution >= 0.6 is 0 Å². The first-order chi connectivity index (χ1) is 8.79. The van der Waals surface area contributed by atoms with Crippen LogP contribution in [0.1, 0.15) is 33.7 Å². The van der Waals surface area contributed by atoms with Crippen LogP contribution in [0.2, 0.25) is 0 Å². The number of aromatic nitrogens is 1. The van der Waals surface area contributed by atoms with Crippen LogP contribution in [0.4, 0.5) is 0 Å². The highest BCUT2D eigenvalue weighted by atomic mass is 16.6. The first-order valence-corrected chi connectivity index (χ1v) is 6.12. The van der Waals surface area contributed by atoms with E-state index in [0.717, 1.165) is 0 Å². The van der Waals surface area contributed by atoms with Crippen LogP contribution in [0.3, 0.4) is 0 Å². The van der Waals surface area contributed by atoms with Crippen LogP contribution in [0.25, 0.3) is 11.1 Å². The van der Waals surface area contributed by atoms with Crippen molar-refractivity contribution in [1.29, 1.82) is 0 Å². The Bertz CT molecular complexity index is 660. The molecule has 1 heterocycles. The van der Waals surface area contributed by atoms with Crippen molar-refractivity contribution < 1.29 is 13.9 Å². The maximum Gasteiger partial charge on any atom is 0.420 e. The van der Waals surface area contributed by atoms with Crippen molar-refractivity contribution in [3.8, 4) is 0 Å². The Morgan fingerprint density at radius 3 is 2.58 bits per heavy atom. The van der Waals surface area contributed by atoms with E-state index in [9.17, 15) is 9.59 Å². The SMILES string of the molecule is CC(C(=O)OC(C)(C)C)n1c(=O)oc2ccccc21. The molecule has 5 nitrogen and oxygen atoms in total. The molecule has 1 atom stereocenters. The number of hydrogen-bond donors (Lipinski definition) is 0. The van der Waals surface area contributed by atoms with Crippen LogP contribution in [0, 0.1) is 0 Å². The van der Waals surface area contributed by atoms with Crippen LogP contribution in [-0.4, -0.2) is 16.1 Å². The second kappa shape index (κ2) is 4.57. The van der Waals surface area contributed by atoms with Crippen molar-refractivity contribution in [3.05, 3.63) is 34.8 Å². The normalized spacial score (nSPS) is 13.5. The lowest BCUT2D eigenvalue weighted by Crippen LogP contribution is -2.32. The molecule has 2 rings (SSSR count). The van der Waals surface area contributed by atoms with Crippen molar-refractivity contribution in [3.63, 3.8) is 0 Å². The molecule has 0 radical (unpaired) electrons. The lowest BCUT2D eigenvalue weighted by Gasteiger charge is -2.22. The second-order valence-electron chi connectivity index (χ2n) is 5.42. The molecule has 0 bridgehead atoms. The van der Waals surface area contributed by atoms with Gasteiger partial charge in [-0.15, -0.1) is 0 Å². The van der Waals surface area contributed by atoms with Crippen LogP contribution in [0.15, 0.2) is 33.5 Å². The zero-order valence-electron chi connectivity index (χ0n) is 11.5. The van der Waals surface area contributed by atoms with E-state index in [4.69, 9.17) is 9.15 Å². The van der Waals surface area contributed by atoms with Gasteiger partial charge in [0.25, 0.3) is 0 Å². The highest BCUT2D eigenvalue weighted by Crippen LogP contribution is 2.19. The van der Waals surface area contributed by atoms with E-state index in [1.165, 1.54) is 4.57 Å². The molecular formula is C14H17NO4. The first-order valence-electron chi connectivity index (χ1n) is 6.12. The number of carbonyl (C=O) groups is 1. The first kappa shape index (κ1) is 13.4. The molecule has 1 unspecified atom stereocenters. The number of esters is 1. The quantitative estimate of drug-likeness (QED) is 0.781. The van der Waals surface area contributed by atoms with Gasteiger partial charge in [0.15, 0.2) is 5.58 Å². The molecule has 0 aliphatic heterocycles. The Morgan fingerprint density at radius 1 is 1.32 bits per heavy atom. The van der Waals surface area contributed by atoms with Crippen molar-refractivity contribution in [2.24, 2.45) is 0 Å². The molecule has 0 aliphatic rings. The van der Waals surface area contributed by atoms with Gasteiger partial charge in [-0.1, -0.05) is 12.1 Å². The number of fused-ring (bicyclic) bond motifs is 1. The summed E-state index contributed by atoms with van der Waals surface area (Å²) in [7, 11) is 0. The van der Waals surface area contributed by atoms with Gasteiger partial charge in [-0.25, -0.2) is 9.59 Å². The van der Waals surface area contributed by atoms with E-state index in [-0.39, 0.29) is 0 Å². The molecule has 0 fully saturated rings. The summed E-state index contributed by atoms with van der Waals surface area (Å²) in [6.45, 7) is 6.98. The molecule has 102 valence electrons. The number of carbonyl (C=O) groups excluding carboxylic acids is 1. The summed E-state index contributed by atoms with van der Waals surface area (Å²) in [6.07, 6.45) is 0. The van der Waals surface area contributed by atoms with Gasteiger partial charge in [0.1, 0.15) is 11.6 Å². The molecule has 1 aromatic heterocycles. The maximum absolute atomic E-state index is 12.0. The Kier molecular flexibility index (Phi) is 3.22. The maximum atomic E-state index is 12.0. The van der Waals surface area contributed by atoms with Crippen LogP contribution in [-0.2, 0) is 9.53 Å². The molecule has 0 saturated carbocycles. The summed E-state index contributed by atoms with van der Waals surface area (Å²) in [6, 6.07) is 6.26. The molecule has 19 heavy (non-hydrogen) atoms. The van der Waals surface area contributed by atoms with Crippen LogP contribution < -0.4 is 5.76 Å². The molecule has 1 aromatic carbocycles. The van der Waals surface area contributed by atoms with E-state index in [2.05, 4.69) is 0 Å². The highest BCUT2D eigenvalue weighted by Gasteiger charge is 2.26. The summed E-state index contributed by atoms with van der Waals surface area (Å²) in [4.78, 5) is 23.9. The van der Waals surface area contributed by atoms with Crippen molar-refractivity contribution in [2.45, 2.75) is 39.3 Å². The monoisotopic (exact) mass is 263 g/mol. The zero-order chi connectivity index (χ0) is 14.2. The van der Waals surface area contributed by atoms with Crippen molar-refractivity contribution in [2.75, 3.05) is 0 Å². The predicted molar refractivity (Wildman–Crippen MR) is 71.0 cm³/mol. The van der Waals surface area contributed by atoms with Gasteiger partial charge in [0.05, 0.1) is 5.52 Å². The molecule has 0 spiro atoms. The van der Waals surface area contributed by atoms with Crippen molar-refractivity contribution in [1.82, 2.24) is 4.57 Å². The summed E-state index contributed by atoms with van der Waals surface area (Å²) < 4.78 is 11.7. The zero-order valence-corrected chi connectivity index (χ0v) is 11.5. The van der Waals surface area contributed by atoms with Gasteiger partial charge in [-0.05, 0) is 39.8 Å². The molecule has 2 aromatic rings. The molecular weight excluding hydrogens is 246 g/mol. The molecule has 0 aliphatic carbocycles. The van der Waals surface area contributed by atoms with Gasteiger partial charge in [0, 0.05) is 0 Å². The number of nitrogens with zero attached hydrogens (tertiary/aromatic N) is 1. The van der Waals surface area contributed by atoms with Crippen molar-refractivity contribution >= 4 is 17.1 Å². The minimum atomic E-state index is -0.727. The molecule has 0 N–H and O–H groups in total. The molecule has 0 amide bonds. The topological polar surface area (TPSA) is 61.4 Å². The van der Waals surface area contributed by atoms with Gasteiger partial charge >= 0.3 is 11.7 Å². The number of benzene rings is 1. The Balaban J connectivity index is 2.42. The third-order valence-corrected chi connectivity index (χ3v) is 2.65. The summed E-state index contributed by atoms with van der Waals surface area (Å²) >= 11 is 0. The Labute approximate surface area is 110 Å². The molecule has 0 saturated heterocycles. The number of rotatable bonds is 2. The molecule has 5 heteroatoms. The average molecular weight is 263 g/mol. The predicted octanol–water partition coefficient (Wildman–Crippen LogP) is 2.50. The average Bonchev–Trinajstić information content (AvgIpc) is 2.61. The fraction of sp³-hybridized carbons (Fsp3) is 0.429. The number of hydrogen-bond acceptors (Lipinski definition) is 4. The number of para-hydroxylation sites is 2. The van der Waals surface area contributed by atoms with Gasteiger partial charge in [-0.3, -0.25) is 4.57 Å².